The van der Waals surface area contributed by atoms with Crippen molar-refractivity contribution in [2.45, 2.75) is 13.0 Å². The van der Waals surface area contributed by atoms with Crippen LogP contribution >= 0.6 is 0 Å². The third-order valence-electron chi connectivity index (χ3n) is 2.11. The minimum absolute atomic E-state index is 0.139. The van der Waals surface area contributed by atoms with Gasteiger partial charge in [0.15, 0.2) is 0 Å². The number of nitriles is 1. The van der Waals surface area contributed by atoms with Crippen LogP contribution in [-0.2, 0) is 16.8 Å². The fraction of sp³-hybridized carbons (Fsp3) is 0.400. The maximum Gasteiger partial charge on any atom is 0.279 e. The molecule has 1 rings (SSSR count). The molecule has 0 spiro atoms. The van der Waals surface area contributed by atoms with Gasteiger partial charge in [-0.05, 0) is 12.1 Å². The monoisotopic (exact) mass is 254 g/mol. The quantitative estimate of drug-likeness (QED) is 0.789. The molecule has 0 amide bonds. The first kappa shape index (κ1) is 13.6. The molecule has 0 unspecified atom stereocenters. The zero-order chi connectivity index (χ0) is 12.7. The molecule has 7 heteroatoms. The normalized spacial score (nSPS) is 11.4. The van der Waals surface area contributed by atoms with Gasteiger partial charge in [-0.1, -0.05) is 6.07 Å². The Labute approximate surface area is 101 Å². The lowest BCUT2D eigenvalue weighted by Gasteiger charge is -2.15. The molecular formula is C10H14N4O2S. The molecule has 1 N–H and O–H groups in total. The topological polar surface area (TPSA) is 86.1 Å². The highest BCUT2D eigenvalue weighted by atomic mass is 32.2. The van der Waals surface area contributed by atoms with Crippen LogP contribution in [0.5, 0.6) is 0 Å². The van der Waals surface area contributed by atoms with Gasteiger partial charge in [-0.2, -0.15) is 22.7 Å². The van der Waals surface area contributed by atoms with E-state index in [2.05, 4.69) is 9.71 Å². The Morgan fingerprint density at radius 3 is 2.88 bits per heavy atom. The van der Waals surface area contributed by atoms with Crippen molar-refractivity contribution in [3.63, 3.8) is 0 Å². The Kier molecular flexibility index (Phi) is 5.03. The summed E-state index contributed by atoms with van der Waals surface area (Å²) in [6.07, 6.45) is 1.77. The third-order valence-corrected chi connectivity index (χ3v) is 3.62. The second-order valence-electron chi connectivity index (χ2n) is 3.38. The minimum atomic E-state index is -3.54. The van der Waals surface area contributed by atoms with Crippen LogP contribution < -0.4 is 4.72 Å². The predicted octanol–water partition coefficient (Wildman–Crippen LogP) is 0.261. The SMILES string of the molecule is CN(CCC#N)S(=O)(=O)NCc1ccccn1. The molecule has 0 aromatic carbocycles. The number of hydrogen-bond acceptors (Lipinski definition) is 4. The maximum absolute atomic E-state index is 11.7. The van der Waals surface area contributed by atoms with E-state index in [1.165, 1.54) is 7.05 Å². The molecule has 1 aromatic rings. The van der Waals surface area contributed by atoms with Gasteiger partial charge in [-0.15, -0.1) is 0 Å². The van der Waals surface area contributed by atoms with Gasteiger partial charge < -0.3 is 0 Å². The second-order valence-corrected chi connectivity index (χ2v) is 5.24. The zero-order valence-electron chi connectivity index (χ0n) is 9.50. The Balaban J connectivity index is 2.53. The van der Waals surface area contributed by atoms with E-state index in [0.717, 1.165) is 4.31 Å². The lowest BCUT2D eigenvalue weighted by molar-refractivity contribution is 0.463. The smallest absolute Gasteiger partial charge is 0.260 e. The van der Waals surface area contributed by atoms with E-state index in [9.17, 15) is 8.42 Å². The Hall–Kier alpha value is -1.49. The largest absolute Gasteiger partial charge is 0.279 e. The van der Waals surface area contributed by atoms with Gasteiger partial charge in [0.2, 0.25) is 0 Å². The van der Waals surface area contributed by atoms with E-state index >= 15 is 0 Å². The van der Waals surface area contributed by atoms with E-state index in [1.807, 2.05) is 6.07 Å². The molecule has 0 aliphatic rings. The number of rotatable bonds is 6. The second kappa shape index (κ2) is 6.30. The summed E-state index contributed by atoms with van der Waals surface area (Å²) in [4.78, 5) is 4.01. The first-order valence-corrected chi connectivity index (χ1v) is 6.48. The molecule has 6 nitrogen and oxygen atoms in total. The molecule has 0 fully saturated rings. The molecule has 0 radical (unpaired) electrons. The van der Waals surface area contributed by atoms with E-state index in [1.54, 1.807) is 24.4 Å². The molecule has 0 atom stereocenters. The van der Waals surface area contributed by atoms with E-state index in [0.29, 0.717) is 5.69 Å². The van der Waals surface area contributed by atoms with Crippen molar-refractivity contribution in [3.8, 4) is 6.07 Å². The molecule has 0 bridgehead atoms. The van der Waals surface area contributed by atoms with Crippen LogP contribution in [0.15, 0.2) is 24.4 Å². The summed E-state index contributed by atoms with van der Waals surface area (Å²) in [6, 6.07) is 7.18. The molecule has 1 heterocycles. The van der Waals surface area contributed by atoms with Crippen LogP contribution in [0.25, 0.3) is 0 Å². The van der Waals surface area contributed by atoms with Crippen molar-refractivity contribution in [1.29, 1.82) is 5.26 Å². The Morgan fingerprint density at radius 2 is 2.29 bits per heavy atom. The summed E-state index contributed by atoms with van der Waals surface area (Å²) in [6.45, 7) is 0.314. The van der Waals surface area contributed by atoms with Crippen molar-refractivity contribution in [3.05, 3.63) is 30.1 Å². The molecule has 0 saturated heterocycles. The summed E-state index contributed by atoms with van der Waals surface area (Å²) in [7, 11) is -2.11. The molecule has 92 valence electrons. The summed E-state index contributed by atoms with van der Waals surface area (Å²) >= 11 is 0. The van der Waals surface area contributed by atoms with Gasteiger partial charge in [0.1, 0.15) is 0 Å². The van der Waals surface area contributed by atoms with Crippen LogP contribution in [0, 0.1) is 11.3 Å². The molecule has 0 aliphatic heterocycles. The number of nitrogens with one attached hydrogen (secondary N) is 1. The molecule has 0 saturated carbocycles. The number of pyridine rings is 1. The van der Waals surface area contributed by atoms with E-state index in [4.69, 9.17) is 5.26 Å². The standard InChI is InChI=1S/C10H14N4O2S/c1-14(8-4-6-11)17(15,16)13-9-10-5-2-3-7-12-10/h2-3,5,7,13H,4,8-9H2,1H3. The van der Waals surface area contributed by atoms with E-state index < -0.39 is 10.2 Å². The summed E-state index contributed by atoms with van der Waals surface area (Å²) in [5, 5.41) is 8.39. The van der Waals surface area contributed by atoms with Crippen molar-refractivity contribution in [2.24, 2.45) is 0 Å². The molecule has 17 heavy (non-hydrogen) atoms. The van der Waals surface area contributed by atoms with E-state index in [-0.39, 0.29) is 19.5 Å². The highest BCUT2D eigenvalue weighted by Gasteiger charge is 2.16. The van der Waals surface area contributed by atoms with Crippen LogP contribution in [-0.4, -0.2) is 31.3 Å². The zero-order valence-corrected chi connectivity index (χ0v) is 10.3. The average molecular weight is 254 g/mol. The molecule has 1 aromatic heterocycles. The Bertz CT molecular complexity index is 481. The van der Waals surface area contributed by atoms with Gasteiger partial charge in [-0.25, -0.2) is 0 Å². The average Bonchev–Trinajstić information content (AvgIpc) is 2.35. The molecular weight excluding hydrogens is 240 g/mol. The van der Waals surface area contributed by atoms with Crippen molar-refractivity contribution in [2.75, 3.05) is 13.6 Å². The first-order valence-electron chi connectivity index (χ1n) is 5.04. The summed E-state index contributed by atoms with van der Waals surface area (Å²) in [5.41, 5.74) is 0.643. The van der Waals surface area contributed by atoms with Crippen LogP contribution in [0.4, 0.5) is 0 Å². The van der Waals surface area contributed by atoms with Gasteiger partial charge in [-0.3, -0.25) is 4.98 Å². The third kappa shape index (κ3) is 4.48. The minimum Gasteiger partial charge on any atom is -0.260 e. The van der Waals surface area contributed by atoms with Crippen LogP contribution in [0.2, 0.25) is 0 Å². The lowest BCUT2D eigenvalue weighted by Crippen LogP contribution is -2.38. The molecule has 0 aliphatic carbocycles. The van der Waals surface area contributed by atoms with Crippen LogP contribution in [0.3, 0.4) is 0 Å². The number of nitrogens with zero attached hydrogens (tertiary/aromatic N) is 3. The van der Waals surface area contributed by atoms with Gasteiger partial charge >= 0.3 is 0 Å². The first-order chi connectivity index (χ1) is 8.06. The predicted molar refractivity (Wildman–Crippen MR) is 62.9 cm³/mol. The van der Waals surface area contributed by atoms with Crippen LogP contribution in [0.1, 0.15) is 12.1 Å². The highest BCUT2D eigenvalue weighted by Crippen LogP contribution is 1.98. The van der Waals surface area contributed by atoms with Crippen molar-refractivity contribution in [1.82, 2.24) is 14.0 Å². The summed E-state index contributed by atoms with van der Waals surface area (Å²) in [5.74, 6) is 0. The van der Waals surface area contributed by atoms with Gasteiger partial charge in [0.05, 0.1) is 18.3 Å². The summed E-state index contributed by atoms with van der Waals surface area (Å²) < 4.78 is 26.9. The van der Waals surface area contributed by atoms with Gasteiger partial charge in [0, 0.05) is 26.2 Å². The van der Waals surface area contributed by atoms with Crippen molar-refractivity contribution < 1.29 is 8.42 Å². The number of aromatic nitrogens is 1. The Morgan fingerprint density at radius 1 is 1.53 bits per heavy atom. The van der Waals surface area contributed by atoms with Gasteiger partial charge in [0.25, 0.3) is 10.2 Å². The fourth-order valence-electron chi connectivity index (χ4n) is 1.11. The maximum atomic E-state index is 11.7. The van der Waals surface area contributed by atoms with Crippen molar-refractivity contribution >= 4 is 10.2 Å². The highest BCUT2D eigenvalue weighted by molar-refractivity contribution is 7.87. The number of hydrogen-bond donors (Lipinski definition) is 1. The lowest BCUT2D eigenvalue weighted by atomic mass is 10.4. The fourth-order valence-corrected chi connectivity index (χ4v) is 1.99.